The van der Waals surface area contributed by atoms with Crippen molar-refractivity contribution in [3.05, 3.63) is 0 Å². The van der Waals surface area contributed by atoms with Gasteiger partial charge in [-0.1, -0.05) is 13.8 Å². The Bertz CT molecular complexity index is 121. The molecular formula is C9H20N2. The van der Waals surface area contributed by atoms with E-state index in [4.69, 9.17) is 0 Å². The lowest BCUT2D eigenvalue weighted by Crippen LogP contribution is -2.42. The standard InChI is InChI=1S/C9H20N2/c1-9(2)7-10-5-4-6-11(3)8-9/h10H,4-8H2,1-3H3. The van der Waals surface area contributed by atoms with E-state index in [0.717, 1.165) is 6.54 Å². The molecule has 0 aliphatic carbocycles. The first-order valence-corrected chi connectivity index (χ1v) is 4.49. The van der Waals surface area contributed by atoms with Crippen molar-refractivity contribution in [3.8, 4) is 0 Å². The van der Waals surface area contributed by atoms with Crippen LogP contribution >= 0.6 is 0 Å². The van der Waals surface area contributed by atoms with Gasteiger partial charge in [-0.25, -0.2) is 0 Å². The van der Waals surface area contributed by atoms with Crippen molar-refractivity contribution < 1.29 is 0 Å². The van der Waals surface area contributed by atoms with E-state index in [1.807, 2.05) is 0 Å². The van der Waals surface area contributed by atoms with E-state index in [0.29, 0.717) is 5.41 Å². The van der Waals surface area contributed by atoms with Gasteiger partial charge in [0.1, 0.15) is 0 Å². The van der Waals surface area contributed by atoms with Gasteiger partial charge in [0, 0.05) is 13.1 Å². The van der Waals surface area contributed by atoms with Crippen molar-refractivity contribution >= 4 is 0 Å². The highest BCUT2D eigenvalue weighted by Gasteiger charge is 2.20. The van der Waals surface area contributed by atoms with Gasteiger partial charge in [-0.2, -0.15) is 0 Å². The quantitative estimate of drug-likeness (QED) is 0.561. The molecule has 2 heteroatoms. The van der Waals surface area contributed by atoms with Crippen molar-refractivity contribution in [2.75, 3.05) is 33.2 Å². The summed E-state index contributed by atoms with van der Waals surface area (Å²) in [4.78, 5) is 2.43. The minimum Gasteiger partial charge on any atom is -0.316 e. The van der Waals surface area contributed by atoms with E-state index >= 15 is 0 Å². The summed E-state index contributed by atoms with van der Waals surface area (Å²) in [6.07, 6.45) is 1.28. The number of hydrogen-bond acceptors (Lipinski definition) is 2. The molecule has 1 aliphatic rings. The zero-order valence-corrected chi connectivity index (χ0v) is 7.98. The Morgan fingerprint density at radius 1 is 1.36 bits per heavy atom. The second-order valence-corrected chi connectivity index (χ2v) is 4.43. The van der Waals surface area contributed by atoms with Gasteiger partial charge in [0.15, 0.2) is 0 Å². The number of nitrogens with zero attached hydrogens (tertiary/aromatic N) is 1. The lowest BCUT2D eigenvalue weighted by Gasteiger charge is -2.33. The van der Waals surface area contributed by atoms with E-state index in [2.05, 4.69) is 31.1 Å². The first kappa shape index (κ1) is 9.01. The zero-order chi connectivity index (χ0) is 8.32. The average Bonchev–Trinajstić information content (AvgIpc) is 1.82. The zero-order valence-electron chi connectivity index (χ0n) is 7.98. The van der Waals surface area contributed by atoms with Gasteiger partial charge in [0.05, 0.1) is 0 Å². The summed E-state index contributed by atoms with van der Waals surface area (Å²) in [7, 11) is 2.22. The molecule has 0 aromatic carbocycles. The third kappa shape index (κ3) is 3.21. The summed E-state index contributed by atoms with van der Waals surface area (Å²) >= 11 is 0. The molecule has 0 atom stereocenters. The van der Waals surface area contributed by atoms with Crippen LogP contribution < -0.4 is 5.32 Å². The van der Waals surface area contributed by atoms with Crippen molar-refractivity contribution in [2.45, 2.75) is 20.3 Å². The predicted molar refractivity (Wildman–Crippen MR) is 48.8 cm³/mol. The van der Waals surface area contributed by atoms with Crippen LogP contribution in [-0.2, 0) is 0 Å². The third-order valence-corrected chi connectivity index (χ3v) is 2.19. The number of rotatable bonds is 0. The van der Waals surface area contributed by atoms with Crippen LogP contribution in [0.15, 0.2) is 0 Å². The first-order chi connectivity index (χ1) is 5.10. The Labute approximate surface area is 70.0 Å². The van der Waals surface area contributed by atoms with E-state index in [1.54, 1.807) is 0 Å². The summed E-state index contributed by atoms with van der Waals surface area (Å²) in [5, 5.41) is 3.47. The summed E-state index contributed by atoms with van der Waals surface area (Å²) < 4.78 is 0. The largest absolute Gasteiger partial charge is 0.316 e. The maximum atomic E-state index is 3.47. The van der Waals surface area contributed by atoms with Crippen LogP contribution in [0.2, 0.25) is 0 Å². The molecule has 1 aliphatic heterocycles. The van der Waals surface area contributed by atoms with Crippen LogP contribution in [0.4, 0.5) is 0 Å². The fourth-order valence-corrected chi connectivity index (χ4v) is 1.77. The summed E-state index contributed by atoms with van der Waals surface area (Å²) in [5.74, 6) is 0. The Morgan fingerprint density at radius 2 is 2.09 bits per heavy atom. The van der Waals surface area contributed by atoms with Gasteiger partial charge in [-0.05, 0) is 32.0 Å². The average molecular weight is 156 g/mol. The van der Waals surface area contributed by atoms with Crippen LogP contribution in [0.25, 0.3) is 0 Å². The Hall–Kier alpha value is -0.0800. The highest BCUT2D eigenvalue weighted by Crippen LogP contribution is 2.16. The molecule has 0 bridgehead atoms. The van der Waals surface area contributed by atoms with E-state index < -0.39 is 0 Å². The summed E-state index contributed by atoms with van der Waals surface area (Å²) in [6, 6.07) is 0. The van der Waals surface area contributed by atoms with E-state index in [-0.39, 0.29) is 0 Å². The minimum atomic E-state index is 0.440. The Balaban J connectivity index is 2.42. The molecule has 1 rings (SSSR count). The molecule has 0 aromatic rings. The number of hydrogen-bond donors (Lipinski definition) is 1. The highest BCUT2D eigenvalue weighted by atomic mass is 15.1. The van der Waals surface area contributed by atoms with Crippen LogP contribution in [0, 0.1) is 5.41 Å². The Kier molecular flexibility index (Phi) is 2.90. The van der Waals surface area contributed by atoms with Crippen LogP contribution in [0.3, 0.4) is 0 Å². The van der Waals surface area contributed by atoms with Gasteiger partial charge < -0.3 is 10.2 Å². The van der Waals surface area contributed by atoms with E-state index in [9.17, 15) is 0 Å². The first-order valence-electron chi connectivity index (χ1n) is 4.49. The molecule has 2 nitrogen and oxygen atoms in total. The SMILES string of the molecule is CN1CCCNCC(C)(C)C1. The molecular weight excluding hydrogens is 136 g/mol. The molecule has 1 saturated heterocycles. The molecule has 0 amide bonds. The highest BCUT2D eigenvalue weighted by molar-refractivity contribution is 4.77. The summed E-state index contributed by atoms with van der Waals surface area (Å²) in [5.41, 5.74) is 0.440. The molecule has 66 valence electrons. The lowest BCUT2D eigenvalue weighted by atomic mass is 9.92. The molecule has 0 unspecified atom stereocenters. The second-order valence-electron chi connectivity index (χ2n) is 4.43. The monoisotopic (exact) mass is 156 g/mol. The molecule has 1 N–H and O–H groups in total. The topological polar surface area (TPSA) is 15.3 Å². The smallest absolute Gasteiger partial charge is 0.00418 e. The summed E-state index contributed by atoms with van der Waals surface area (Å²) in [6.45, 7) is 9.41. The maximum Gasteiger partial charge on any atom is 0.00418 e. The second kappa shape index (κ2) is 3.55. The van der Waals surface area contributed by atoms with Crippen LogP contribution in [0.1, 0.15) is 20.3 Å². The van der Waals surface area contributed by atoms with Gasteiger partial charge in [0.2, 0.25) is 0 Å². The normalized spacial score (nSPS) is 27.5. The van der Waals surface area contributed by atoms with Crippen molar-refractivity contribution in [1.82, 2.24) is 10.2 Å². The van der Waals surface area contributed by atoms with Crippen LogP contribution in [-0.4, -0.2) is 38.1 Å². The van der Waals surface area contributed by atoms with Crippen molar-refractivity contribution in [3.63, 3.8) is 0 Å². The Morgan fingerprint density at radius 3 is 2.82 bits per heavy atom. The fraction of sp³-hybridized carbons (Fsp3) is 1.00. The molecule has 1 fully saturated rings. The van der Waals surface area contributed by atoms with Gasteiger partial charge in [-0.3, -0.25) is 0 Å². The molecule has 1 heterocycles. The molecule has 0 radical (unpaired) electrons. The molecule has 0 spiro atoms. The lowest BCUT2D eigenvalue weighted by molar-refractivity contribution is 0.185. The third-order valence-electron chi connectivity index (χ3n) is 2.19. The van der Waals surface area contributed by atoms with E-state index in [1.165, 1.54) is 26.1 Å². The van der Waals surface area contributed by atoms with Gasteiger partial charge in [-0.15, -0.1) is 0 Å². The van der Waals surface area contributed by atoms with Crippen molar-refractivity contribution in [2.24, 2.45) is 5.41 Å². The van der Waals surface area contributed by atoms with Gasteiger partial charge >= 0.3 is 0 Å². The van der Waals surface area contributed by atoms with Gasteiger partial charge in [0.25, 0.3) is 0 Å². The maximum absolute atomic E-state index is 3.47. The minimum absolute atomic E-state index is 0.440. The predicted octanol–water partition coefficient (Wildman–Crippen LogP) is 0.938. The fourth-order valence-electron chi connectivity index (χ4n) is 1.77. The molecule has 0 aromatic heterocycles. The molecule has 0 saturated carbocycles. The number of nitrogens with one attached hydrogen (secondary N) is 1. The van der Waals surface area contributed by atoms with Crippen LogP contribution in [0.5, 0.6) is 0 Å². The van der Waals surface area contributed by atoms with Crippen molar-refractivity contribution in [1.29, 1.82) is 0 Å². The molecule has 11 heavy (non-hydrogen) atoms.